The molecule has 0 saturated carbocycles. The van der Waals surface area contributed by atoms with Crippen LogP contribution in [0.4, 0.5) is 5.69 Å². The molecule has 0 amide bonds. The standard InChI is InChI=1S/C14H21N/c1-5-8-13-9-7-10-14(12(13)3)15(4)11-6-2/h5,7-10H,6,11H2,1-4H3/b8-5-. The Hall–Kier alpha value is -1.24. The molecule has 0 fully saturated rings. The van der Waals surface area contributed by atoms with Crippen LogP contribution in [0.2, 0.25) is 0 Å². The van der Waals surface area contributed by atoms with E-state index in [1.165, 1.54) is 23.2 Å². The second kappa shape index (κ2) is 5.59. The first kappa shape index (κ1) is 11.8. The van der Waals surface area contributed by atoms with E-state index in [1.807, 2.05) is 0 Å². The van der Waals surface area contributed by atoms with Gasteiger partial charge in [-0.2, -0.15) is 0 Å². The van der Waals surface area contributed by atoms with Crippen LogP contribution in [0.3, 0.4) is 0 Å². The molecule has 1 rings (SSSR count). The molecule has 15 heavy (non-hydrogen) atoms. The highest BCUT2D eigenvalue weighted by Gasteiger charge is 2.05. The van der Waals surface area contributed by atoms with E-state index in [4.69, 9.17) is 0 Å². The second-order valence-electron chi connectivity index (χ2n) is 3.91. The van der Waals surface area contributed by atoms with Crippen molar-refractivity contribution in [3.05, 3.63) is 35.4 Å². The molecule has 0 aliphatic heterocycles. The van der Waals surface area contributed by atoms with Crippen molar-refractivity contribution in [1.29, 1.82) is 0 Å². The molecule has 0 spiro atoms. The fraction of sp³-hybridized carbons (Fsp3) is 0.429. The van der Waals surface area contributed by atoms with Crippen LogP contribution < -0.4 is 4.90 Å². The van der Waals surface area contributed by atoms with Crippen LogP contribution in [-0.2, 0) is 0 Å². The van der Waals surface area contributed by atoms with Crippen molar-refractivity contribution in [3.63, 3.8) is 0 Å². The molecule has 1 aromatic carbocycles. The van der Waals surface area contributed by atoms with Crippen molar-refractivity contribution in [3.8, 4) is 0 Å². The Labute approximate surface area is 93.4 Å². The molecule has 0 radical (unpaired) electrons. The van der Waals surface area contributed by atoms with Gasteiger partial charge in [-0.3, -0.25) is 0 Å². The van der Waals surface area contributed by atoms with Crippen molar-refractivity contribution in [2.45, 2.75) is 27.2 Å². The van der Waals surface area contributed by atoms with Gasteiger partial charge in [0.15, 0.2) is 0 Å². The maximum Gasteiger partial charge on any atom is 0.0399 e. The summed E-state index contributed by atoms with van der Waals surface area (Å²) in [5.74, 6) is 0. The zero-order valence-electron chi connectivity index (χ0n) is 10.2. The quantitative estimate of drug-likeness (QED) is 0.718. The fourth-order valence-corrected chi connectivity index (χ4v) is 1.87. The summed E-state index contributed by atoms with van der Waals surface area (Å²) in [5, 5.41) is 0. The molecule has 0 aliphatic carbocycles. The Kier molecular flexibility index (Phi) is 4.41. The Bertz CT molecular complexity index is 339. The number of benzene rings is 1. The zero-order valence-corrected chi connectivity index (χ0v) is 10.2. The fourth-order valence-electron chi connectivity index (χ4n) is 1.87. The molecular formula is C14H21N. The number of rotatable bonds is 4. The van der Waals surface area contributed by atoms with Gasteiger partial charge < -0.3 is 4.90 Å². The first-order valence-corrected chi connectivity index (χ1v) is 5.64. The van der Waals surface area contributed by atoms with Crippen LogP contribution in [0.25, 0.3) is 6.08 Å². The maximum absolute atomic E-state index is 2.32. The van der Waals surface area contributed by atoms with Gasteiger partial charge in [0.25, 0.3) is 0 Å². The predicted octanol–water partition coefficient (Wildman–Crippen LogP) is 3.87. The molecule has 1 aromatic rings. The van der Waals surface area contributed by atoms with Gasteiger partial charge in [0, 0.05) is 19.3 Å². The van der Waals surface area contributed by atoms with Gasteiger partial charge in [0.05, 0.1) is 0 Å². The van der Waals surface area contributed by atoms with E-state index in [9.17, 15) is 0 Å². The van der Waals surface area contributed by atoms with Crippen LogP contribution in [0.5, 0.6) is 0 Å². The second-order valence-corrected chi connectivity index (χ2v) is 3.91. The molecule has 0 atom stereocenters. The molecule has 0 N–H and O–H groups in total. The zero-order chi connectivity index (χ0) is 11.3. The Morgan fingerprint density at radius 2 is 2.07 bits per heavy atom. The molecule has 82 valence electrons. The van der Waals surface area contributed by atoms with E-state index >= 15 is 0 Å². The van der Waals surface area contributed by atoms with Crippen LogP contribution in [0.15, 0.2) is 24.3 Å². The van der Waals surface area contributed by atoms with Gasteiger partial charge in [0.1, 0.15) is 0 Å². The highest BCUT2D eigenvalue weighted by molar-refractivity contribution is 5.64. The van der Waals surface area contributed by atoms with Crippen molar-refractivity contribution in [1.82, 2.24) is 0 Å². The third-order valence-corrected chi connectivity index (χ3v) is 2.66. The van der Waals surface area contributed by atoms with Crippen LogP contribution in [0, 0.1) is 6.92 Å². The highest BCUT2D eigenvalue weighted by Crippen LogP contribution is 2.23. The smallest absolute Gasteiger partial charge is 0.0399 e. The topological polar surface area (TPSA) is 3.24 Å². The Morgan fingerprint density at radius 1 is 1.33 bits per heavy atom. The number of allylic oxidation sites excluding steroid dienone is 1. The van der Waals surface area contributed by atoms with Crippen LogP contribution >= 0.6 is 0 Å². The molecule has 0 aromatic heterocycles. The van der Waals surface area contributed by atoms with E-state index in [-0.39, 0.29) is 0 Å². The molecule has 0 heterocycles. The maximum atomic E-state index is 2.32. The summed E-state index contributed by atoms with van der Waals surface area (Å²) < 4.78 is 0. The molecule has 0 aliphatic rings. The lowest BCUT2D eigenvalue weighted by Crippen LogP contribution is -2.18. The SMILES string of the molecule is C/C=C\c1cccc(N(C)CCC)c1C. The van der Waals surface area contributed by atoms with E-state index in [1.54, 1.807) is 0 Å². The van der Waals surface area contributed by atoms with Crippen LogP contribution in [-0.4, -0.2) is 13.6 Å². The van der Waals surface area contributed by atoms with Crippen molar-refractivity contribution in [2.75, 3.05) is 18.5 Å². The van der Waals surface area contributed by atoms with Gasteiger partial charge in [-0.25, -0.2) is 0 Å². The summed E-state index contributed by atoms with van der Waals surface area (Å²) in [5.41, 5.74) is 4.02. The average molecular weight is 203 g/mol. The minimum atomic E-state index is 1.11. The molecule has 1 nitrogen and oxygen atoms in total. The lowest BCUT2D eigenvalue weighted by molar-refractivity contribution is 0.849. The highest BCUT2D eigenvalue weighted by atomic mass is 15.1. The largest absolute Gasteiger partial charge is 0.374 e. The molecule has 0 saturated heterocycles. The number of anilines is 1. The van der Waals surface area contributed by atoms with E-state index in [0.29, 0.717) is 0 Å². The van der Waals surface area contributed by atoms with Gasteiger partial charge in [-0.05, 0) is 37.5 Å². The molecule has 1 heteroatoms. The number of hydrogen-bond donors (Lipinski definition) is 0. The Morgan fingerprint density at radius 3 is 2.67 bits per heavy atom. The summed E-state index contributed by atoms with van der Waals surface area (Å²) in [6.45, 7) is 7.57. The summed E-state index contributed by atoms with van der Waals surface area (Å²) in [7, 11) is 2.16. The Balaban J connectivity index is 3.03. The minimum Gasteiger partial charge on any atom is -0.374 e. The van der Waals surface area contributed by atoms with Gasteiger partial charge in [0.2, 0.25) is 0 Å². The lowest BCUT2D eigenvalue weighted by atomic mass is 10.1. The monoisotopic (exact) mass is 203 g/mol. The van der Waals surface area contributed by atoms with E-state index in [0.717, 1.165) is 6.54 Å². The molecule has 0 bridgehead atoms. The average Bonchev–Trinajstić information content (AvgIpc) is 2.22. The van der Waals surface area contributed by atoms with E-state index in [2.05, 4.69) is 63.1 Å². The first-order chi connectivity index (χ1) is 7.20. The minimum absolute atomic E-state index is 1.11. The van der Waals surface area contributed by atoms with E-state index < -0.39 is 0 Å². The number of nitrogens with zero attached hydrogens (tertiary/aromatic N) is 1. The molecule has 0 unspecified atom stereocenters. The molecular weight excluding hydrogens is 182 g/mol. The summed E-state index contributed by atoms with van der Waals surface area (Å²) in [4.78, 5) is 2.32. The van der Waals surface area contributed by atoms with Crippen molar-refractivity contribution in [2.24, 2.45) is 0 Å². The summed E-state index contributed by atoms with van der Waals surface area (Å²) >= 11 is 0. The number of hydrogen-bond acceptors (Lipinski definition) is 1. The van der Waals surface area contributed by atoms with Crippen LogP contribution in [0.1, 0.15) is 31.4 Å². The third-order valence-electron chi connectivity index (χ3n) is 2.66. The van der Waals surface area contributed by atoms with Gasteiger partial charge in [-0.15, -0.1) is 0 Å². The summed E-state index contributed by atoms with van der Waals surface area (Å²) in [6, 6.07) is 6.49. The summed E-state index contributed by atoms with van der Waals surface area (Å²) in [6.07, 6.45) is 5.44. The predicted molar refractivity (Wildman–Crippen MR) is 69.4 cm³/mol. The van der Waals surface area contributed by atoms with Crippen molar-refractivity contribution >= 4 is 11.8 Å². The normalized spacial score (nSPS) is 10.9. The first-order valence-electron chi connectivity index (χ1n) is 5.64. The van der Waals surface area contributed by atoms with Gasteiger partial charge in [-0.1, -0.05) is 31.2 Å². The van der Waals surface area contributed by atoms with Gasteiger partial charge >= 0.3 is 0 Å². The lowest BCUT2D eigenvalue weighted by Gasteiger charge is -2.21. The third kappa shape index (κ3) is 2.85. The van der Waals surface area contributed by atoms with Crippen molar-refractivity contribution < 1.29 is 0 Å².